The van der Waals surface area contributed by atoms with Crippen LogP contribution >= 0.6 is 11.8 Å². The van der Waals surface area contributed by atoms with Crippen LogP contribution in [-0.2, 0) is 16.9 Å². The van der Waals surface area contributed by atoms with Gasteiger partial charge in [-0.25, -0.2) is 4.98 Å². The Labute approximate surface area is 137 Å². The SMILES string of the molecule is CC1(C)OCCn2c1nc(C(=O)NCC1C=CSC1)c(O)c2=O. The summed E-state index contributed by atoms with van der Waals surface area (Å²) in [4.78, 5) is 28.9. The first-order valence-corrected chi connectivity index (χ1v) is 8.50. The number of carbonyl (C=O) groups is 1. The van der Waals surface area contributed by atoms with Gasteiger partial charge in [0.15, 0.2) is 5.69 Å². The van der Waals surface area contributed by atoms with E-state index in [9.17, 15) is 14.7 Å². The first-order valence-electron chi connectivity index (χ1n) is 7.45. The van der Waals surface area contributed by atoms with Gasteiger partial charge in [-0.15, -0.1) is 11.8 Å². The maximum atomic E-state index is 12.3. The summed E-state index contributed by atoms with van der Waals surface area (Å²) in [5.74, 6) is 0.362. The third kappa shape index (κ3) is 3.00. The average Bonchev–Trinajstić information content (AvgIpc) is 3.02. The minimum absolute atomic E-state index is 0.241. The lowest BCUT2D eigenvalue weighted by molar-refractivity contribution is -0.0566. The highest BCUT2D eigenvalue weighted by atomic mass is 32.2. The Morgan fingerprint density at radius 1 is 1.61 bits per heavy atom. The third-order valence-electron chi connectivity index (χ3n) is 3.96. The molecule has 0 saturated carbocycles. The number of aromatic nitrogens is 2. The number of nitrogens with one attached hydrogen (secondary N) is 1. The lowest BCUT2D eigenvalue weighted by Crippen LogP contribution is -2.42. The minimum atomic E-state index is -0.787. The van der Waals surface area contributed by atoms with Gasteiger partial charge in [0.1, 0.15) is 11.4 Å². The molecule has 3 heterocycles. The standard InChI is InChI=1S/C15H19N3O4S/c1-15(2)14-17-10(11(19)13(21)18(14)4-5-22-15)12(20)16-7-9-3-6-23-8-9/h3,6,9,19H,4-5,7-8H2,1-2H3,(H,16,20). The monoisotopic (exact) mass is 337 g/mol. The highest BCUT2D eigenvalue weighted by Crippen LogP contribution is 2.27. The molecule has 1 amide bonds. The summed E-state index contributed by atoms with van der Waals surface area (Å²) in [6.45, 7) is 4.68. The van der Waals surface area contributed by atoms with Gasteiger partial charge in [-0.05, 0) is 19.3 Å². The summed E-state index contributed by atoms with van der Waals surface area (Å²) in [5, 5.41) is 14.8. The van der Waals surface area contributed by atoms with E-state index >= 15 is 0 Å². The summed E-state index contributed by atoms with van der Waals surface area (Å²) < 4.78 is 6.98. The van der Waals surface area contributed by atoms with Crippen molar-refractivity contribution in [3.63, 3.8) is 0 Å². The molecule has 0 aromatic carbocycles. The lowest BCUT2D eigenvalue weighted by Gasteiger charge is -2.32. The van der Waals surface area contributed by atoms with Crippen LogP contribution in [0.25, 0.3) is 0 Å². The summed E-state index contributed by atoms with van der Waals surface area (Å²) in [5.41, 5.74) is -1.63. The van der Waals surface area contributed by atoms with Crippen molar-refractivity contribution in [2.75, 3.05) is 18.9 Å². The van der Waals surface area contributed by atoms with Crippen molar-refractivity contribution in [2.24, 2.45) is 5.92 Å². The molecule has 2 aliphatic heterocycles. The molecule has 0 fully saturated rings. The number of aromatic hydroxyl groups is 1. The molecular weight excluding hydrogens is 318 g/mol. The molecule has 3 rings (SSSR count). The number of rotatable bonds is 3. The molecule has 1 unspecified atom stereocenters. The largest absolute Gasteiger partial charge is 0.501 e. The predicted octanol–water partition coefficient (Wildman–Crippen LogP) is 0.821. The van der Waals surface area contributed by atoms with E-state index in [0.29, 0.717) is 25.5 Å². The zero-order chi connectivity index (χ0) is 16.6. The number of carbonyl (C=O) groups excluding carboxylic acids is 1. The van der Waals surface area contributed by atoms with Gasteiger partial charge in [0.2, 0.25) is 5.75 Å². The van der Waals surface area contributed by atoms with Crippen LogP contribution in [0.15, 0.2) is 16.3 Å². The normalized spacial score (nSPS) is 21.9. The Balaban J connectivity index is 1.90. The number of hydrogen-bond donors (Lipinski definition) is 2. The van der Waals surface area contributed by atoms with E-state index in [-0.39, 0.29) is 11.6 Å². The second kappa shape index (κ2) is 6.01. The Morgan fingerprint density at radius 3 is 3.09 bits per heavy atom. The van der Waals surface area contributed by atoms with Gasteiger partial charge in [-0.2, -0.15) is 0 Å². The smallest absolute Gasteiger partial charge is 0.296 e. The number of thioether (sulfide) groups is 1. The second-order valence-electron chi connectivity index (χ2n) is 6.08. The average molecular weight is 337 g/mol. The molecule has 1 aromatic heterocycles. The fourth-order valence-electron chi connectivity index (χ4n) is 2.66. The Kier molecular flexibility index (Phi) is 4.20. The molecule has 0 aliphatic carbocycles. The fraction of sp³-hybridized carbons (Fsp3) is 0.533. The third-order valence-corrected chi connectivity index (χ3v) is 4.93. The van der Waals surface area contributed by atoms with Crippen LogP contribution in [0.5, 0.6) is 5.75 Å². The number of fused-ring (bicyclic) bond motifs is 1. The van der Waals surface area contributed by atoms with E-state index in [1.807, 2.05) is 11.5 Å². The number of hydrogen-bond acceptors (Lipinski definition) is 6. The molecule has 124 valence electrons. The van der Waals surface area contributed by atoms with Crippen LogP contribution in [0.3, 0.4) is 0 Å². The molecule has 7 nitrogen and oxygen atoms in total. The van der Waals surface area contributed by atoms with Gasteiger partial charge >= 0.3 is 0 Å². The first-order chi connectivity index (χ1) is 10.9. The Morgan fingerprint density at radius 2 is 2.39 bits per heavy atom. The molecule has 0 spiro atoms. The molecule has 2 aliphatic rings. The maximum Gasteiger partial charge on any atom is 0.296 e. The first kappa shape index (κ1) is 16.1. The second-order valence-corrected chi connectivity index (χ2v) is 7.02. The van der Waals surface area contributed by atoms with Crippen molar-refractivity contribution in [1.29, 1.82) is 0 Å². The zero-order valence-electron chi connectivity index (χ0n) is 13.0. The Bertz CT molecular complexity index is 726. The van der Waals surface area contributed by atoms with E-state index in [0.717, 1.165) is 5.75 Å². The quantitative estimate of drug-likeness (QED) is 0.848. The topological polar surface area (TPSA) is 93.5 Å². The van der Waals surface area contributed by atoms with E-state index in [1.54, 1.807) is 25.6 Å². The van der Waals surface area contributed by atoms with E-state index in [1.165, 1.54) is 4.57 Å². The number of nitrogens with zero attached hydrogens (tertiary/aromatic N) is 2. The van der Waals surface area contributed by atoms with Gasteiger partial charge in [-0.3, -0.25) is 14.2 Å². The van der Waals surface area contributed by atoms with Crippen LogP contribution in [-0.4, -0.2) is 39.5 Å². The van der Waals surface area contributed by atoms with Gasteiger partial charge in [0, 0.05) is 18.2 Å². The Hall–Kier alpha value is -1.80. The van der Waals surface area contributed by atoms with Gasteiger partial charge in [0.05, 0.1) is 13.2 Å². The molecule has 8 heteroatoms. The molecule has 1 aromatic rings. The molecule has 1 atom stereocenters. The van der Waals surface area contributed by atoms with Gasteiger partial charge in [-0.1, -0.05) is 6.08 Å². The van der Waals surface area contributed by atoms with Crippen LogP contribution in [0.4, 0.5) is 0 Å². The molecule has 0 saturated heterocycles. The summed E-state index contributed by atoms with van der Waals surface area (Å²) >= 11 is 1.69. The summed E-state index contributed by atoms with van der Waals surface area (Å²) in [6, 6.07) is 0. The van der Waals surface area contributed by atoms with Crippen LogP contribution < -0.4 is 10.9 Å². The number of amides is 1. The van der Waals surface area contributed by atoms with Crippen molar-refractivity contribution in [3.05, 3.63) is 33.4 Å². The van der Waals surface area contributed by atoms with Crippen molar-refractivity contribution >= 4 is 17.7 Å². The van der Waals surface area contributed by atoms with Crippen molar-refractivity contribution in [1.82, 2.24) is 14.9 Å². The van der Waals surface area contributed by atoms with Gasteiger partial charge < -0.3 is 15.2 Å². The molecule has 0 radical (unpaired) electrons. The fourth-order valence-corrected chi connectivity index (χ4v) is 3.58. The zero-order valence-corrected chi connectivity index (χ0v) is 13.9. The lowest BCUT2D eigenvalue weighted by atomic mass is 10.1. The summed E-state index contributed by atoms with van der Waals surface area (Å²) in [7, 11) is 0. The minimum Gasteiger partial charge on any atom is -0.501 e. The highest BCUT2D eigenvalue weighted by molar-refractivity contribution is 8.02. The van der Waals surface area contributed by atoms with Crippen LogP contribution in [0, 0.1) is 5.92 Å². The maximum absolute atomic E-state index is 12.3. The van der Waals surface area contributed by atoms with E-state index in [4.69, 9.17) is 4.74 Å². The van der Waals surface area contributed by atoms with Crippen LogP contribution in [0.1, 0.15) is 30.2 Å². The highest BCUT2D eigenvalue weighted by Gasteiger charge is 2.34. The predicted molar refractivity (Wildman–Crippen MR) is 86.6 cm³/mol. The number of ether oxygens (including phenoxy) is 1. The molecule has 23 heavy (non-hydrogen) atoms. The van der Waals surface area contributed by atoms with E-state index in [2.05, 4.69) is 10.3 Å². The molecular formula is C15H19N3O4S. The summed E-state index contributed by atoms with van der Waals surface area (Å²) in [6.07, 6.45) is 2.02. The van der Waals surface area contributed by atoms with Gasteiger partial charge in [0.25, 0.3) is 11.5 Å². The molecule has 2 N–H and O–H groups in total. The van der Waals surface area contributed by atoms with Crippen molar-refractivity contribution in [2.45, 2.75) is 26.0 Å². The van der Waals surface area contributed by atoms with Crippen molar-refractivity contribution in [3.8, 4) is 5.75 Å². The molecule has 0 bridgehead atoms. The van der Waals surface area contributed by atoms with Crippen molar-refractivity contribution < 1.29 is 14.6 Å². The van der Waals surface area contributed by atoms with E-state index < -0.39 is 22.8 Å². The van der Waals surface area contributed by atoms with Crippen LogP contribution in [0.2, 0.25) is 0 Å².